The van der Waals surface area contributed by atoms with Gasteiger partial charge in [-0.15, -0.1) is 0 Å². The molecular weight excluding hydrogens is 152 g/mol. The van der Waals surface area contributed by atoms with Crippen molar-refractivity contribution in [3.8, 4) is 0 Å². The first-order chi connectivity index (χ1) is 5.75. The second-order valence-electron chi connectivity index (χ2n) is 3.74. The number of hydrogen-bond donors (Lipinski definition) is 2. The zero-order chi connectivity index (χ0) is 8.55. The molecule has 2 heterocycles. The van der Waals surface area contributed by atoms with E-state index in [0.29, 0.717) is 18.4 Å². The molecule has 68 valence electrons. The number of fused-ring (bicyclic) bond motifs is 2. The lowest BCUT2D eigenvalue weighted by atomic mass is 10.2. The minimum absolute atomic E-state index is 0.301. The molecule has 2 atom stereocenters. The van der Waals surface area contributed by atoms with Crippen LogP contribution in [0.25, 0.3) is 0 Å². The first-order valence-corrected chi connectivity index (χ1v) is 4.55. The van der Waals surface area contributed by atoms with Crippen LogP contribution in [-0.4, -0.2) is 54.4 Å². The summed E-state index contributed by atoms with van der Waals surface area (Å²) in [5.74, 6) is 0.301. The average molecular weight is 168 g/mol. The van der Waals surface area contributed by atoms with Gasteiger partial charge in [-0.1, -0.05) is 0 Å². The van der Waals surface area contributed by atoms with Gasteiger partial charge >= 0.3 is 0 Å². The maximum absolute atomic E-state index is 7.23. The van der Waals surface area contributed by atoms with Crippen LogP contribution in [0, 0.1) is 5.41 Å². The van der Waals surface area contributed by atoms with Crippen LogP contribution in [0.3, 0.4) is 0 Å². The Labute approximate surface area is 72.8 Å². The SMILES string of the molecule is N=C(N)CN1CCN2CCC1C2. The van der Waals surface area contributed by atoms with Gasteiger partial charge in [0.25, 0.3) is 0 Å². The van der Waals surface area contributed by atoms with Crippen LogP contribution < -0.4 is 5.73 Å². The fraction of sp³-hybridized carbons (Fsp3) is 0.875. The number of piperazine rings is 1. The van der Waals surface area contributed by atoms with E-state index in [1.165, 1.54) is 19.5 Å². The molecule has 0 aromatic carbocycles. The molecule has 12 heavy (non-hydrogen) atoms. The first kappa shape index (κ1) is 8.01. The molecule has 0 amide bonds. The van der Waals surface area contributed by atoms with Crippen LogP contribution in [-0.2, 0) is 0 Å². The first-order valence-electron chi connectivity index (χ1n) is 4.55. The zero-order valence-corrected chi connectivity index (χ0v) is 7.29. The van der Waals surface area contributed by atoms with Crippen molar-refractivity contribution in [2.24, 2.45) is 5.73 Å². The van der Waals surface area contributed by atoms with E-state index in [9.17, 15) is 0 Å². The lowest BCUT2D eigenvalue weighted by Crippen LogP contribution is -2.49. The van der Waals surface area contributed by atoms with Crippen molar-refractivity contribution in [2.45, 2.75) is 12.5 Å². The summed E-state index contributed by atoms with van der Waals surface area (Å²) < 4.78 is 0. The highest BCUT2D eigenvalue weighted by Crippen LogP contribution is 2.19. The van der Waals surface area contributed by atoms with Gasteiger partial charge in [-0.05, 0) is 13.0 Å². The number of nitrogens with two attached hydrogens (primary N) is 1. The monoisotopic (exact) mass is 168 g/mol. The summed E-state index contributed by atoms with van der Waals surface area (Å²) in [6.07, 6.45) is 1.26. The molecule has 2 bridgehead atoms. The lowest BCUT2D eigenvalue weighted by Gasteiger charge is -2.33. The Morgan fingerprint density at radius 2 is 2.25 bits per heavy atom. The van der Waals surface area contributed by atoms with Crippen LogP contribution in [0.15, 0.2) is 0 Å². The topological polar surface area (TPSA) is 56.4 Å². The van der Waals surface area contributed by atoms with Gasteiger partial charge in [0.05, 0.1) is 6.54 Å². The zero-order valence-electron chi connectivity index (χ0n) is 7.29. The molecule has 2 saturated heterocycles. The largest absolute Gasteiger partial charge is 0.387 e. The van der Waals surface area contributed by atoms with Crippen LogP contribution in [0.5, 0.6) is 0 Å². The highest BCUT2D eigenvalue weighted by Gasteiger charge is 2.32. The van der Waals surface area contributed by atoms with Crippen molar-refractivity contribution in [3.05, 3.63) is 0 Å². The normalized spacial score (nSPS) is 35.3. The molecule has 0 aliphatic carbocycles. The maximum atomic E-state index is 7.23. The Morgan fingerprint density at radius 1 is 1.42 bits per heavy atom. The maximum Gasteiger partial charge on any atom is 0.105 e. The summed E-state index contributed by atoms with van der Waals surface area (Å²) in [5.41, 5.74) is 5.38. The number of hydrogen-bond acceptors (Lipinski definition) is 3. The standard InChI is InChI=1S/C8H16N4/c9-8(10)6-12-4-3-11-2-1-7(12)5-11/h7H,1-6H2,(H3,9,10). The summed E-state index contributed by atoms with van der Waals surface area (Å²) in [7, 11) is 0. The van der Waals surface area contributed by atoms with Gasteiger partial charge in [0.2, 0.25) is 0 Å². The predicted molar refractivity (Wildman–Crippen MR) is 48.3 cm³/mol. The Bertz CT molecular complexity index is 191. The molecule has 0 spiro atoms. The fourth-order valence-electron chi connectivity index (χ4n) is 2.19. The predicted octanol–water partition coefficient (Wildman–Crippen LogP) is -0.688. The van der Waals surface area contributed by atoms with Crippen molar-refractivity contribution in [2.75, 3.05) is 32.7 Å². The van der Waals surface area contributed by atoms with Crippen molar-refractivity contribution >= 4 is 5.84 Å². The van der Waals surface area contributed by atoms with E-state index in [4.69, 9.17) is 11.1 Å². The molecule has 0 aromatic heterocycles. The van der Waals surface area contributed by atoms with E-state index in [2.05, 4.69) is 9.80 Å². The van der Waals surface area contributed by atoms with Crippen molar-refractivity contribution in [3.63, 3.8) is 0 Å². The molecule has 2 fully saturated rings. The summed E-state index contributed by atoms with van der Waals surface area (Å²) in [4.78, 5) is 4.83. The fourth-order valence-corrected chi connectivity index (χ4v) is 2.19. The van der Waals surface area contributed by atoms with Gasteiger partial charge < -0.3 is 10.6 Å². The van der Waals surface area contributed by atoms with Crippen molar-refractivity contribution in [1.82, 2.24) is 9.80 Å². The molecule has 4 heteroatoms. The summed E-state index contributed by atoms with van der Waals surface area (Å²) in [6.45, 7) is 5.33. The van der Waals surface area contributed by atoms with Gasteiger partial charge in [0.1, 0.15) is 5.84 Å². The number of nitrogens with one attached hydrogen (secondary N) is 1. The summed E-state index contributed by atoms with van der Waals surface area (Å²) >= 11 is 0. The second-order valence-corrected chi connectivity index (χ2v) is 3.74. The van der Waals surface area contributed by atoms with Gasteiger partial charge in [0.15, 0.2) is 0 Å². The van der Waals surface area contributed by atoms with Gasteiger partial charge in [-0.2, -0.15) is 0 Å². The molecule has 0 radical (unpaired) electrons. The molecular formula is C8H16N4. The Balaban J connectivity index is 1.93. The van der Waals surface area contributed by atoms with Crippen LogP contribution in [0.1, 0.15) is 6.42 Å². The van der Waals surface area contributed by atoms with E-state index in [0.717, 1.165) is 13.1 Å². The quantitative estimate of drug-likeness (QED) is 0.424. The number of rotatable bonds is 2. The highest BCUT2D eigenvalue weighted by molar-refractivity contribution is 5.79. The van der Waals surface area contributed by atoms with Crippen molar-refractivity contribution < 1.29 is 0 Å². The molecule has 4 nitrogen and oxygen atoms in total. The number of amidine groups is 1. The molecule has 0 aromatic rings. The second kappa shape index (κ2) is 3.03. The molecule has 2 unspecified atom stereocenters. The van der Waals surface area contributed by atoms with Crippen LogP contribution in [0.4, 0.5) is 0 Å². The van der Waals surface area contributed by atoms with Gasteiger partial charge in [-0.3, -0.25) is 10.3 Å². The lowest BCUT2D eigenvalue weighted by molar-refractivity contribution is 0.153. The smallest absolute Gasteiger partial charge is 0.105 e. The summed E-state index contributed by atoms with van der Waals surface area (Å²) in [5, 5.41) is 7.23. The molecule has 0 saturated carbocycles. The number of nitrogens with zero attached hydrogens (tertiary/aromatic N) is 2. The van der Waals surface area contributed by atoms with E-state index in [1.807, 2.05) is 0 Å². The minimum Gasteiger partial charge on any atom is -0.387 e. The molecule has 2 aliphatic heterocycles. The highest BCUT2D eigenvalue weighted by atomic mass is 15.3. The Kier molecular flexibility index (Phi) is 2.02. The van der Waals surface area contributed by atoms with E-state index < -0.39 is 0 Å². The van der Waals surface area contributed by atoms with Crippen LogP contribution >= 0.6 is 0 Å². The third kappa shape index (κ3) is 1.44. The van der Waals surface area contributed by atoms with Crippen LogP contribution in [0.2, 0.25) is 0 Å². The van der Waals surface area contributed by atoms with E-state index >= 15 is 0 Å². The van der Waals surface area contributed by atoms with E-state index in [1.54, 1.807) is 0 Å². The summed E-state index contributed by atoms with van der Waals surface area (Å²) in [6, 6.07) is 0.669. The van der Waals surface area contributed by atoms with E-state index in [-0.39, 0.29) is 0 Å². The van der Waals surface area contributed by atoms with Gasteiger partial charge in [0, 0.05) is 25.7 Å². The molecule has 2 rings (SSSR count). The Hall–Kier alpha value is -0.610. The third-order valence-electron chi connectivity index (χ3n) is 2.84. The molecule has 2 aliphatic rings. The molecule has 3 N–H and O–H groups in total. The minimum atomic E-state index is 0.301. The van der Waals surface area contributed by atoms with Gasteiger partial charge in [-0.25, -0.2) is 0 Å². The third-order valence-corrected chi connectivity index (χ3v) is 2.84. The Morgan fingerprint density at radius 3 is 3.00 bits per heavy atom. The average Bonchev–Trinajstić information content (AvgIpc) is 2.39. The van der Waals surface area contributed by atoms with Crippen molar-refractivity contribution in [1.29, 1.82) is 5.41 Å².